The third-order valence-electron chi connectivity index (χ3n) is 4.23. The van der Waals surface area contributed by atoms with E-state index in [4.69, 9.17) is 9.47 Å². The predicted octanol–water partition coefficient (Wildman–Crippen LogP) is 0.298. The maximum absolute atomic E-state index is 12.5. The van der Waals surface area contributed by atoms with Gasteiger partial charge in [0.05, 0.1) is 32.3 Å². The maximum atomic E-state index is 12.5. The predicted molar refractivity (Wildman–Crippen MR) is 100 cm³/mol. The first-order valence-corrected chi connectivity index (χ1v) is 10.4. The Balaban J connectivity index is 2.03. The van der Waals surface area contributed by atoms with Crippen molar-refractivity contribution in [3.8, 4) is 5.75 Å². The van der Waals surface area contributed by atoms with E-state index in [-0.39, 0.29) is 5.91 Å². The van der Waals surface area contributed by atoms with Crippen LogP contribution in [0.2, 0.25) is 0 Å². The summed E-state index contributed by atoms with van der Waals surface area (Å²) < 4.78 is 36.1. The van der Waals surface area contributed by atoms with Crippen LogP contribution in [0.25, 0.3) is 0 Å². The molecular weight excluding hydrogens is 358 g/mol. The van der Waals surface area contributed by atoms with Crippen molar-refractivity contribution in [2.24, 2.45) is 0 Å². The molecule has 146 valence electrons. The molecule has 0 saturated carbocycles. The maximum Gasteiger partial charge on any atom is 0.243 e. The first kappa shape index (κ1) is 20.5. The number of benzene rings is 1. The number of carbonyl (C=O) groups is 1. The van der Waals surface area contributed by atoms with E-state index in [0.29, 0.717) is 37.7 Å². The van der Waals surface area contributed by atoms with Crippen molar-refractivity contribution < 1.29 is 22.7 Å². The average molecular weight is 385 g/mol. The van der Waals surface area contributed by atoms with Crippen LogP contribution in [0, 0.1) is 0 Å². The van der Waals surface area contributed by atoms with Crippen molar-refractivity contribution in [1.29, 1.82) is 0 Å². The highest BCUT2D eigenvalue weighted by molar-refractivity contribution is 7.92. The third-order valence-corrected chi connectivity index (χ3v) is 5.47. The molecule has 0 bridgehead atoms. The lowest BCUT2D eigenvalue weighted by atomic mass is 10.2. The molecule has 1 fully saturated rings. The van der Waals surface area contributed by atoms with Gasteiger partial charge in [-0.25, -0.2) is 8.42 Å². The molecule has 8 nitrogen and oxygen atoms in total. The zero-order chi connectivity index (χ0) is 19.2. The Morgan fingerprint density at radius 2 is 2.08 bits per heavy atom. The number of morpholine rings is 1. The Hall–Kier alpha value is -1.84. The monoisotopic (exact) mass is 385 g/mol. The normalized spacial score (nSPS) is 16.7. The molecule has 2 rings (SSSR count). The van der Waals surface area contributed by atoms with Crippen LogP contribution in [-0.2, 0) is 19.6 Å². The molecule has 1 aromatic rings. The van der Waals surface area contributed by atoms with E-state index < -0.39 is 16.1 Å². The number of hydrogen-bond acceptors (Lipinski definition) is 6. The third kappa shape index (κ3) is 5.58. The summed E-state index contributed by atoms with van der Waals surface area (Å²) in [5.74, 6) is 0.183. The topological polar surface area (TPSA) is 88.2 Å². The number of methoxy groups -OCH3 is 1. The van der Waals surface area contributed by atoms with Gasteiger partial charge in [0.15, 0.2) is 0 Å². The molecule has 26 heavy (non-hydrogen) atoms. The molecule has 1 aliphatic rings. The molecule has 0 aliphatic carbocycles. The Morgan fingerprint density at radius 1 is 1.38 bits per heavy atom. The number of carbonyl (C=O) groups excluding carboxylic acids is 1. The molecule has 1 N–H and O–H groups in total. The van der Waals surface area contributed by atoms with Crippen LogP contribution in [0.15, 0.2) is 24.3 Å². The van der Waals surface area contributed by atoms with Crippen molar-refractivity contribution in [3.05, 3.63) is 24.3 Å². The summed E-state index contributed by atoms with van der Waals surface area (Å²) in [6, 6.07) is 5.77. The highest BCUT2D eigenvalue weighted by Gasteiger charge is 2.29. The fourth-order valence-corrected chi connectivity index (χ4v) is 4.03. The summed E-state index contributed by atoms with van der Waals surface area (Å²) in [5, 5.41) is 2.82. The van der Waals surface area contributed by atoms with Crippen LogP contribution in [0.3, 0.4) is 0 Å². The number of nitrogens with one attached hydrogen (secondary N) is 1. The number of sulfonamides is 1. The van der Waals surface area contributed by atoms with E-state index in [0.717, 1.165) is 23.7 Å². The first-order valence-electron chi connectivity index (χ1n) is 8.54. The van der Waals surface area contributed by atoms with Crippen LogP contribution < -0.4 is 14.4 Å². The minimum Gasteiger partial charge on any atom is -0.497 e. The van der Waals surface area contributed by atoms with Crippen LogP contribution in [0.1, 0.15) is 6.92 Å². The SMILES string of the molecule is COc1cccc(N([C@H](C)C(=O)NCCN2CCOCC2)S(C)(=O)=O)c1. The number of hydrogen-bond donors (Lipinski definition) is 1. The number of amides is 1. The highest BCUT2D eigenvalue weighted by Crippen LogP contribution is 2.25. The van der Waals surface area contributed by atoms with Gasteiger partial charge in [0.25, 0.3) is 0 Å². The van der Waals surface area contributed by atoms with E-state index in [2.05, 4.69) is 10.2 Å². The second-order valence-electron chi connectivity index (χ2n) is 6.18. The van der Waals surface area contributed by atoms with Gasteiger partial charge in [0, 0.05) is 32.2 Å². The molecule has 1 heterocycles. The molecule has 0 unspecified atom stereocenters. The van der Waals surface area contributed by atoms with E-state index in [1.807, 2.05) is 0 Å². The molecule has 9 heteroatoms. The van der Waals surface area contributed by atoms with Gasteiger partial charge in [0.2, 0.25) is 15.9 Å². The largest absolute Gasteiger partial charge is 0.497 e. The van der Waals surface area contributed by atoms with Crippen LogP contribution in [0.5, 0.6) is 5.75 Å². The highest BCUT2D eigenvalue weighted by atomic mass is 32.2. The Kier molecular flexibility index (Phi) is 7.24. The minimum atomic E-state index is -3.64. The molecule has 1 aliphatic heterocycles. The summed E-state index contributed by atoms with van der Waals surface area (Å²) in [6.07, 6.45) is 1.09. The summed E-state index contributed by atoms with van der Waals surface area (Å²) >= 11 is 0. The van der Waals surface area contributed by atoms with Gasteiger partial charge in [-0.05, 0) is 19.1 Å². The zero-order valence-corrected chi connectivity index (χ0v) is 16.3. The lowest BCUT2D eigenvalue weighted by Gasteiger charge is -2.29. The molecule has 1 amide bonds. The lowest BCUT2D eigenvalue weighted by molar-refractivity contribution is -0.121. The Labute approximate surface area is 155 Å². The molecule has 1 atom stereocenters. The van der Waals surface area contributed by atoms with Gasteiger partial charge in [-0.15, -0.1) is 0 Å². The standard InChI is InChI=1S/C17H27N3O5S/c1-14(17(21)18-7-8-19-9-11-25-12-10-19)20(26(3,22)23)15-5-4-6-16(13-15)24-2/h4-6,13-14H,7-12H2,1-3H3,(H,18,21)/t14-/m1/s1. The summed E-state index contributed by atoms with van der Waals surface area (Å²) in [6.45, 7) is 5.81. The molecule has 1 aromatic carbocycles. The molecule has 1 saturated heterocycles. The van der Waals surface area contributed by atoms with Crippen molar-refractivity contribution in [1.82, 2.24) is 10.2 Å². The van der Waals surface area contributed by atoms with Crippen molar-refractivity contribution in [3.63, 3.8) is 0 Å². The molecule has 0 aromatic heterocycles. The van der Waals surface area contributed by atoms with E-state index >= 15 is 0 Å². The van der Waals surface area contributed by atoms with Gasteiger partial charge >= 0.3 is 0 Å². The second kappa shape index (κ2) is 9.20. The van der Waals surface area contributed by atoms with Crippen LogP contribution in [0.4, 0.5) is 5.69 Å². The Morgan fingerprint density at radius 3 is 2.69 bits per heavy atom. The number of rotatable bonds is 8. The fourth-order valence-electron chi connectivity index (χ4n) is 2.87. The van der Waals surface area contributed by atoms with E-state index in [1.54, 1.807) is 31.2 Å². The first-order chi connectivity index (χ1) is 12.3. The van der Waals surface area contributed by atoms with Gasteiger partial charge < -0.3 is 14.8 Å². The number of nitrogens with zero attached hydrogens (tertiary/aromatic N) is 2. The molecular formula is C17H27N3O5S. The average Bonchev–Trinajstić information content (AvgIpc) is 2.61. The summed E-state index contributed by atoms with van der Waals surface area (Å²) in [5.41, 5.74) is 0.391. The van der Waals surface area contributed by atoms with E-state index in [1.165, 1.54) is 7.11 Å². The minimum absolute atomic E-state index is 0.341. The van der Waals surface area contributed by atoms with Gasteiger partial charge in [0.1, 0.15) is 11.8 Å². The summed E-state index contributed by atoms with van der Waals surface area (Å²) in [7, 11) is -2.14. The second-order valence-corrected chi connectivity index (χ2v) is 8.04. The lowest BCUT2D eigenvalue weighted by Crippen LogP contribution is -2.49. The van der Waals surface area contributed by atoms with Gasteiger partial charge in [-0.3, -0.25) is 14.0 Å². The molecule has 0 radical (unpaired) electrons. The van der Waals surface area contributed by atoms with Crippen molar-refractivity contribution in [2.75, 3.05) is 57.1 Å². The van der Waals surface area contributed by atoms with Crippen LogP contribution in [-0.4, -0.2) is 78.0 Å². The zero-order valence-electron chi connectivity index (χ0n) is 15.5. The summed E-state index contributed by atoms with van der Waals surface area (Å²) in [4.78, 5) is 14.7. The van der Waals surface area contributed by atoms with Gasteiger partial charge in [-0.1, -0.05) is 6.07 Å². The number of anilines is 1. The quantitative estimate of drug-likeness (QED) is 0.692. The number of ether oxygens (including phenoxy) is 2. The smallest absolute Gasteiger partial charge is 0.243 e. The van der Waals surface area contributed by atoms with Crippen LogP contribution >= 0.6 is 0 Å². The van der Waals surface area contributed by atoms with Crippen molar-refractivity contribution >= 4 is 21.6 Å². The van der Waals surface area contributed by atoms with Gasteiger partial charge in [-0.2, -0.15) is 0 Å². The molecule has 0 spiro atoms. The fraction of sp³-hybridized carbons (Fsp3) is 0.588. The van der Waals surface area contributed by atoms with Crippen molar-refractivity contribution in [2.45, 2.75) is 13.0 Å². The van der Waals surface area contributed by atoms with E-state index in [9.17, 15) is 13.2 Å². The Bertz CT molecular complexity index is 704.